The molecule has 0 aromatic rings. The number of carboxylic acids is 1. The molecule has 5 nitrogen and oxygen atoms in total. The van der Waals surface area contributed by atoms with Crippen molar-refractivity contribution in [3.05, 3.63) is 0 Å². The minimum atomic E-state index is -1.07. The highest BCUT2D eigenvalue weighted by Crippen LogP contribution is 2.58. The monoisotopic (exact) mass is 308 g/mol. The molecule has 0 aromatic heterocycles. The Morgan fingerprint density at radius 2 is 1.64 bits per heavy atom. The molecule has 0 unspecified atom stereocenters. The molecule has 124 valence electrons. The van der Waals surface area contributed by atoms with Crippen LogP contribution in [0.5, 0.6) is 0 Å². The molecule has 0 aliphatic heterocycles. The largest absolute Gasteiger partial charge is 0.479 e. The van der Waals surface area contributed by atoms with Gasteiger partial charge in [-0.3, -0.25) is 4.79 Å². The highest BCUT2D eigenvalue weighted by Gasteiger charge is 2.62. The second kappa shape index (κ2) is 5.52. The van der Waals surface area contributed by atoms with E-state index in [4.69, 9.17) is 5.73 Å². The van der Waals surface area contributed by atoms with Gasteiger partial charge in [-0.05, 0) is 68.1 Å². The zero-order valence-electron chi connectivity index (χ0n) is 13.5. The molecule has 4 bridgehead atoms. The minimum Gasteiger partial charge on any atom is -0.479 e. The van der Waals surface area contributed by atoms with Gasteiger partial charge in [-0.25, -0.2) is 4.79 Å². The fourth-order valence-electron chi connectivity index (χ4n) is 5.45. The number of hydrogen-bond donors (Lipinski definition) is 3. The topological polar surface area (TPSA) is 92.4 Å². The van der Waals surface area contributed by atoms with Crippen LogP contribution in [0.25, 0.3) is 0 Å². The van der Waals surface area contributed by atoms with Gasteiger partial charge in [0.25, 0.3) is 0 Å². The first-order valence-electron chi connectivity index (χ1n) is 8.63. The molecular weight excluding hydrogens is 280 g/mol. The number of rotatable bonds is 5. The zero-order chi connectivity index (χ0) is 16.1. The van der Waals surface area contributed by atoms with E-state index in [0.717, 1.165) is 25.7 Å². The summed E-state index contributed by atoms with van der Waals surface area (Å²) in [5.41, 5.74) is 4.91. The molecule has 4 saturated carbocycles. The second-order valence-electron chi connectivity index (χ2n) is 8.20. The van der Waals surface area contributed by atoms with Crippen molar-refractivity contribution in [3.8, 4) is 0 Å². The molecule has 0 heterocycles. The molecule has 4 rings (SSSR count). The van der Waals surface area contributed by atoms with Crippen molar-refractivity contribution in [3.63, 3.8) is 0 Å². The summed E-state index contributed by atoms with van der Waals surface area (Å²) in [6.45, 7) is 4.03. The third-order valence-electron chi connectivity index (χ3n) is 6.17. The van der Waals surface area contributed by atoms with Crippen LogP contribution in [0.4, 0.5) is 0 Å². The Balaban J connectivity index is 1.81. The van der Waals surface area contributed by atoms with Gasteiger partial charge in [-0.2, -0.15) is 0 Å². The zero-order valence-corrected chi connectivity index (χ0v) is 13.5. The SMILES string of the molecule is CC(C)C[C@H](N)C(=O)NC1(C(=O)O)C2CC3CC(C2)CC1C3. The number of aliphatic carboxylic acids is 1. The minimum absolute atomic E-state index is 0.0800. The highest BCUT2D eigenvalue weighted by molar-refractivity contribution is 5.90. The first-order valence-corrected chi connectivity index (χ1v) is 8.63. The maximum atomic E-state index is 12.5. The van der Waals surface area contributed by atoms with Crippen LogP contribution in [0.3, 0.4) is 0 Å². The van der Waals surface area contributed by atoms with Gasteiger partial charge in [0.15, 0.2) is 0 Å². The predicted octanol–water partition coefficient (Wildman–Crippen LogP) is 1.76. The quantitative estimate of drug-likeness (QED) is 0.721. The lowest BCUT2D eigenvalue weighted by atomic mass is 9.48. The van der Waals surface area contributed by atoms with E-state index in [0.29, 0.717) is 24.2 Å². The molecule has 0 aromatic carbocycles. The molecule has 5 heteroatoms. The summed E-state index contributed by atoms with van der Waals surface area (Å²) in [7, 11) is 0. The standard InChI is InChI=1S/C17H28N2O3/c1-9(2)3-14(18)15(20)19-17(16(21)22)12-5-10-4-11(7-12)8-13(17)6-10/h9-14H,3-8,18H2,1-2H3,(H,19,20)(H,21,22)/t10?,11?,12?,13?,14-,17?/m0/s1. The van der Waals surface area contributed by atoms with Crippen LogP contribution in [-0.2, 0) is 9.59 Å². The average Bonchev–Trinajstić information content (AvgIpc) is 2.40. The second-order valence-corrected chi connectivity index (χ2v) is 8.20. The molecule has 4 N–H and O–H groups in total. The molecule has 4 aliphatic carbocycles. The van der Waals surface area contributed by atoms with Gasteiger partial charge in [0.05, 0.1) is 6.04 Å². The van der Waals surface area contributed by atoms with Crippen molar-refractivity contribution in [2.75, 3.05) is 0 Å². The Morgan fingerprint density at radius 1 is 1.14 bits per heavy atom. The smallest absolute Gasteiger partial charge is 0.330 e. The highest BCUT2D eigenvalue weighted by atomic mass is 16.4. The van der Waals surface area contributed by atoms with Gasteiger partial charge in [-0.1, -0.05) is 13.8 Å². The Bertz CT molecular complexity index is 447. The van der Waals surface area contributed by atoms with Crippen molar-refractivity contribution in [1.82, 2.24) is 5.32 Å². The molecule has 0 radical (unpaired) electrons. The summed E-state index contributed by atoms with van der Waals surface area (Å²) < 4.78 is 0. The van der Waals surface area contributed by atoms with E-state index in [9.17, 15) is 14.7 Å². The Kier molecular flexibility index (Phi) is 3.96. The fourth-order valence-corrected chi connectivity index (χ4v) is 5.45. The number of nitrogens with two attached hydrogens (primary N) is 1. The van der Waals surface area contributed by atoms with Gasteiger partial charge in [0, 0.05) is 0 Å². The van der Waals surface area contributed by atoms with Crippen LogP contribution in [0.15, 0.2) is 0 Å². The van der Waals surface area contributed by atoms with Gasteiger partial charge in [0.2, 0.25) is 5.91 Å². The van der Waals surface area contributed by atoms with Crippen molar-refractivity contribution in [1.29, 1.82) is 0 Å². The molecule has 22 heavy (non-hydrogen) atoms. The molecule has 1 atom stereocenters. The first-order chi connectivity index (χ1) is 10.3. The van der Waals surface area contributed by atoms with Gasteiger partial charge < -0.3 is 16.2 Å². The summed E-state index contributed by atoms with van der Waals surface area (Å²) in [6, 6.07) is -0.617. The predicted molar refractivity (Wildman–Crippen MR) is 83.0 cm³/mol. The van der Waals surface area contributed by atoms with Crippen molar-refractivity contribution < 1.29 is 14.7 Å². The maximum Gasteiger partial charge on any atom is 0.330 e. The lowest BCUT2D eigenvalue weighted by molar-refractivity contribution is -0.168. The summed E-state index contributed by atoms with van der Waals surface area (Å²) in [5, 5.41) is 12.9. The Labute approximate surface area is 132 Å². The summed E-state index contributed by atoms with van der Waals surface area (Å²) in [5.74, 6) is 0.662. The summed E-state index contributed by atoms with van der Waals surface area (Å²) in [6.07, 6.45) is 5.61. The van der Waals surface area contributed by atoms with Crippen LogP contribution in [-0.4, -0.2) is 28.6 Å². The van der Waals surface area contributed by atoms with E-state index in [2.05, 4.69) is 5.32 Å². The molecule has 4 aliphatic rings. The fraction of sp³-hybridized carbons (Fsp3) is 0.882. The van der Waals surface area contributed by atoms with Crippen LogP contribution >= 0.6 is 0 Å². The van der Waals surface area contributed by atoms with Crippen molar-refractivity contribution in [2.24, 2.45) is 35.3 Å². The van der Waals surface area contributed by atoms with Gasteiger partial charge in [0.1, 0.15) is 5.54 Å². The molecular formula is C17H28N2O3. The number of nitrogens with one attached hydrogen (secondary N) is 1. The molecule has 0 spiro atoms. The Morgan fingerprint density at radius 3 is 2.05 bits per heavy atom. The third-order valence-corrected chi connectivity index (χ3v) is 6.17. The molecule has 0 saturated heterocycles. The Hall–Kier alpha value is -1.10. The van der Waals surface area contributed by atoms with E-state index in [-0.39, 0.29) is 17.7 Å². The van der Waals surface area contributed by atoms with Crippen LogP contribution in [0.1, 0.15) is 52.4 Å². The number of hydrogen-bond acceptors (Lipinski definition) is 3. The average molecular weight is 308 g/mol. The number of amides is 1. The third kappa shape index (κ3) is 2.43. The van der Waals surface area contributed by atoms with Crippen LogP contribution in [0.2, 0.25) is 0 Å². The summed E-state index contributed by atoms with van der Waals surface area (Å²) >= 11 is 0. The van der Waals surface area contributed by atoms with Crippen LogP contribution in [0, 0.1) is 29.6 Å². The van der Waals surface area contributed by atoms with Gasteiger partial charge in [-0.15, -0.1) is 0 Å². The maximum absolute atomic E-state index is 12.5. The molecule has 1 amide bonds. The van der Waals surface area contributed by atoms with E-state index < -0.39 is 17.6 Å². The van der Waals surface area contributed by atoms with Crippen molar-refractivity contribution >= 4 is 11.9 Å². The lowest BCUT2D eigenvalue weighted by Crippen LogP contribution is -2.71. The number of carbonyl (C=O) groups excluding carboxylic acids is 1. The van der Waals surface area contributed by atoms with Gasteiger partial charge >= 0.3 is 5.97 Å². The van der Waals surface area contributed by atoms with E-state index >= 15 is 0 Å². The number of carbonyl (C=O) groups is 2. The summed E-state index contributed by atoms with van der Waals surface area (Å²) in [4.78, 5) is 24.6. The number of carboxylic acid groups (broad SMARTS) is 1. The van der Waals surface area contributed by atoms with E-state index in [1.807, 2.05) is 13.8 Å². The first kappa shape index (κ1) is 15.8. The van der Waals surface area contributed by atoms with E-state index in [1.165, 1.54) is 6.42 Å². The van der Waals surface area contributed by atoms with Crippen molar-refractivity contribution in [2.45, 2.75) is 64.0 Å². The van der Waals surface area contributed by atoms with Crippen LogP contribution < -0.4 is 11.1 Å². The molecule has 4 fully saturated rings. The van der Waals surface area contributed by atoms with E-state index in [1.54, 1.807) is 0 Å². The normalized spacial score (nSPS) is 40.7. The lowest BCUT2D eigenvalue weighted by Gasteiger charge is -2.59.